The molecule has 0 bridgehead atoms. The first-order valence-electron chi connectivity index (χ1n) is 8.41. The maximum atomic E-state index is 12.2. The van der Waals surface area contributed by atoms with Crippen LogP contribution in [-0.2, 0) is 11.3 Å². The van der Waals surface area contributed by atoms with Gasteiger partial charge in [0.1, 0.15) is 0 Å². The third-order valence-electron chi connectivity index (χ3n) is 3.85. The third kappa shape index (κ3) is 5.45. The molecule has 2 amide bonds. The van der Waals surface area contributed by atoms with Gasteiger partial charge >= 0.3 is 0 Å². The standard InChI is InChI=1S/C19H26N4O2/c1-12-6-13(2)8-17(7-12)19(25)20-10-18(24)21-15(4)11-23-16(5)9-14(3)22-23/h6-9,15H,10-11H2,1-5H3,(H,20,25)(H,21,24). The molecule has 1 heterocycles. The lowest BCUT2D eigenvalue weighted by atomic mass is 10.1. The van der Waals surface area contributed by atoms with E-state index in [4.69, 9.17) is 0 Å². The van der Waals surface area contributed by atoms with Crippen molar-refractivity contribution in [2.24, 2.45) is 0 Å². The molecule has 0 saturated carbocycles. The number of carbonyl (C=O) groups is 2. The molecular weight excluding hydrogens is 316 g/mol. The van der Waals surface area contributed by atoms with Crippen LogP contribution in [0, 0.1) is 27.7 Å². The van der Waals surface area contributed by atoms with Crippen LogP contribution in [0.4, 0.5) is 0 Å². The highest BCUT2D eigenvalue weighted by atomic mass is 16.2. The van der Waals surface area contributed by atoms with Crippen molar-refractivity contribution in [2.75, 3.05) is 6.54 Å². The van der Waals surface area contributed by atoms with E-state index in [2.05, 4.69) is 15.7 Å². The zero-order valence-corrected chi connectivity index (χ0v) is 15.5. The van der Waals surface area contributed by atoms with Gasteiger partial charge in [-0.2, -0.15) is 5.10 Å². The molecule has 0 aliphatic rings. The normalized spacial score (nSPS) is 11.9. The highest BCUT2D eigenvalue weighted by Gasteiger charge is 2.12. The molecular formula is C19H26N4O2. The number of nitrogens with zero attached hydrogens (tertiary/aromatic N) is 2. The van der Waals surface area contributed by atoms with Crippen LogP contribution in [0.15, 0.2) is 24.3 Å². The van der Waals surface area contributed by atoms with Gasteiger partial charge in [-0.3, -0.25) is 14.3 Å². The number of nitrogens with one attached hydrogen (secondary N) is 2. The summed E-state index contributed by atoms with van der Waals surface area (Å²) in [5.74, 6) is -0.458. The van der Waals surface area contributed by atoms with Crippen molar-refractivity contribution >= 4 is 11.8 Å². The molecule has 2 N–H and O–H groups in total. The van der Waals surface area contributed by atoms with Gasteiger partial charge in [-0.1, -0.05) is 17.2 Å². The van der Waals surface area contributed by atoms with Gasteiger partial charge < -0.3 is 10.6 Å². The number of aryl methyl sites for hydroxylation is 4. The van der Waals surface area contributed by atoms with Crippen molar-refractivity contribution in [1.82, 2.24) is 20.4 Å². The maximum absolute atomic E-state index is 12.2. The number of hydrogen-bond donors (Lipinski definition) is 2. The summed E-state index contributed by atoms with van der Waals surface area (Å²) in [5, 5.41) is 9.93. The van der Waals surface area contributed by atoms with Crippen LogP contribution in [0.25, 0.3) is 0 Å². The largest absolute Gasteiger partial charge is 0.350 e. The Morgan fingerprint density at radius 2 is 1.72 bits per heavy atom. The maximum Gasteiger partial charge on any atom is 0.251 e. The van der Waals surface area contributed by atoms with Gasteiger partial charge in [-0.25, -0.2) is 0 Å². The van der Waals surface area contributed by atoms with E-state index in [1.54, 1.807) is 0 Å². The topological polar surface area (TPSA) is 76.0 Å². The zero-order chi connectivity index (χ0) is 18.6. The Morgan fingerprint density at radius 1 is 1.08 bits per heavy atom. The van der Waals surface area contributed by atoms with Crippen molar-refractivity contribution in [1.29, 1.82) is 0 Å². The van der Waals surface area contributed by atoms with Crippen LogP contribution in [0.1, 0.15) is 39.8 Å². The van der Waals surface area contributed by atoms with Crippen LogP contribution in [0.3, 0.4) is 0 Å². The second-order valence-electron chi connectivity index (χ2n) is 6.64. The lowest BCUT2D eigenvalue weighted by Crippen LogP contribution is -2.42. The number of amides is 2. The fourth-order valence-corrected chi connectivity index (χ4v) is 2.86. The molecule has 1 aromatic heterocycles. The molecule has 25 heavy (non-hydrogen) atoms. The van der Waals surface area contributed by atoms with Crippen LogP contribution >= 0.6 is 0 Å². The first-order chi connectivity index (χ1) is 11.7. The summed E-state index contributed by atoms with van der Waals surface area (Å²) in [6.45, 7) is 10.3. The Balaban J connectivity index is 1.83. The second kappa shape index (κ2) is 7.96. The molecule has 0 saturated heterocycles. The summed E-state index contributed by atoms with van der Waals surface area (Å²) in [4.78, 5) is 24.2. The second-order valence-corrected chi connectivity index (χ2v) is 6.64. The summed E-state index contributed by atoms with van der Waals surface area (Å²) in [6.07, 6.45) is 0. The van der Waals surface area contributed by atoms with Crippen molar-refractivity contribution in [2.45, 2.75) is 47.2 Å². The molecule has 0 radical (unpaired) electrons. The molecule has 2 rings (SSSR count). The summed E-state index contributed by atoms with van der Waals surface area (Å²) < 4.78 is 1.87. The van der Waals surface area contributed by atoms with E-state index in [0.29, 0.717) is 12.1 Å². The fourth-order valence-electron chi connectivity index (χ4n) is 2.86. The first-order valence-corrected chi connectivity index (χ1v) is 8.41. The summed E-state index contributed by atoms with van der Waals surface area (Å²) in [7, 11) is 0. The van der Waals surface area contributed by atoms with E-state index in [0.717, 1.165) is 22.5 Å². The average molecular weight is 342 g/mol. The van der Waals surface area contributed by atoms with Crippen molar-refractivity contribution in [3.63, 3.8) is 0 Å². The van der Waals surface area contributed by atoms with Crippen molar-refractivity contribution < 1.29 is 9.59 Å². The number of aromatic nitrogens is 2. The van der Waals surface area contributed by atoms with Gasteiger partial charge in [0.2, 0.25) is 5.91 Å². The van der Waals surface area contributed by atoms with Crippen LogP contribution in [0.5, 0.6) is 0 Å². The Hall–Kier alpha value is -2.63. The lowest BCUT2D eigenvalue weighted by Gasteiger charge is -2.15. The quantitative estimate of drug-likeness (QED) is 0.843. The fraction of sp³-hybridized carbons (Fsp3) is 0.421. The summed E-state index contributed by atoms with van der Waals surface area (Å²) in [6, 6.07) is 7.55. The number of carbonyl (C=O) groups excluding carboxylic acids is 2. The lowest BCUT2D eigenvalue weighted by molar-refractivity contribution is -0.120. The van der Waals surface area contributed by atoms with Gasteiger partial charge in [0.15, 0.2) is 0 Å². The Kier molecular flexibility index (Phi) is 5.96. The van der Waals surface area contributed by atoms with E-state index >= 15 is 0 Å². The van der Waals surface area contributed by atoms with Gasteiger partial charge in [0, 0.05) is 17.3 Å². The molecule has 1 unspecified atom stereocenters. The molecule has 0 aliphatic carbocycles. The molecule has 6 heteroatoms. The summed E-state index contributed by atoms with van der Waals surface area (Å²) >= 11 is 0. The van der Waals surface area contributed by atoms with Gasteiger partial charge in [-0.05, 0) is 52.8 Å². The van der Waals surface area contributed by atoms with Crippen LogP contribution in [-0.4, -0.2) is 34.2 Å². The molecule has 0 aliphatic heterocycles. The minimum atomic E-state index is -0.242. The SMILES string of the molecule is Cc1cc(C)cc(C(=O)NCC(=O)NC(C)Cn2nc(C)cc2C)c1. The number of hydrogen-bond acceptors (Lipinski definition) is 3. The Labute approximate surface area is 148 Å². The first kappa shape index (κ1) is 18.7. The van der Waals surface area contributed by atoms with E-state index < -0.39 is 0 Å². The van der Waals surface area contributed by atoms with Crippen molar-refractivity contribution in [3.05, 3.63) is 52.3 Å². The zero-order valence-electron chi connectivity index (χ0n) is 15.5. The average Bonchev–Trinajstić information content (AvgIpc) is 2.81. The molecule has 0 spiro atoms. The van der Waals surface area contributed by atoms with Crippen LogP contribution in [0.2, 0.25) is 0 Å². The van der Waals surface area contributed by atoms with Gasteiger partial charge in [0.25, 0.3) is 5.91 Å². The highest BCUT2D eigenvalue weighted by Crippen LogP contribution is 2.08. The van der Waals surface area contributed by atoms with Crippen molar-refractivity contribution in [3.8, 4) is 0 Å². The van der Waals surface area contributed by atoms with Crippen LogP contribution < -0.4 is 10.6 Å². The van der Waals surface area contributed by atoms with Gasteiger partial charge in [0.05, 0.1) is 18.8 Å². The summed E-state index contributed by atoms with van der Waals surface area (Å²) in [5.41, 5.74) is 4.63. The third-order valence-corrected chi connectivity index (χ3v) is 3.85. The molecule has 1 aromatic carbocycles. The monoisotopic (exact) mass is 342 g/mol. The molecule has 0 fully saturated rings. The number of benzene rings is 1. The van der Waals surface area contributed by atoms with E-state index in [-0.39, 0.29) is 24.4 Å². The molecule has 1 atom stereocenters. The predicted molar refractivity (Wildman–Crippen MR) is 97.6 cm³/mol. The molecule has 6 nitrogen and oxygen atoms in total. The minimum absolute atomic E-state index is 0.0483. The minimum Gasteiger partial charge on any atom is -0.350 e. The van der Waals surface area contributed by atoms with Gasteiger partial charge in [-0.15, -0.1) is 0 Å². The van der Waals surface area contributed by atoms with E-state index in [1.807, 2.05) is 63.6 Å². The van der Waals surface area contributed by atoms with E-state index in [1.165, 1.54) is 0 Å². The predicted octanol–water partition coefficient (Wildman–Crippen LogP) is 2.05. The Morgan fingerprint density at radius 3 is 2.28 bits per heavy atom. The smallest absolute Gasteiger partial charge is 0.251 e. The van der Waals surface area contributed by atoms with E-state index in [9.17, 15) is 9.59 Å². The molecule has 134 valence electrons. The Bertz CT molecular complexity index is 759. The number of rotatable bonds is 6. The highest BCUT2D eigenvalue weighted by molar-refractivity contribution is 5.96. The molecule has 2 aromatic rings.